The van der Waals surface area contributed by atoms with Gasteiger partial charge in [-0.2, -0.15) is 0 Å². The summed E-state index contributed by atoms with van der Waals surface area (Å²) in [5, 5.41) is 0. The molecule has 0 spiro atoms. The highest BCUT2D eigenvalue weighted by atomic mass is 15.2. The van der Waals surface area contributed by atoms with Crippen molar-refractivity contribution in [2.75, 3.05) is 14.7 Å². The maximum Gasteiger partial charge on any atom is 0.252 e. The second-order valence-electron chi connectivity index (χ2n) is 14.5. The van der Waals surface area contributed by atoms with Gasteiger partial charge in [0.15, 0.2) is 0 Å². The van der Waals surface area contributed by atoms with Crippen molar-refractivity contribution in [3.8, 4) is 0 Å². The molecule has 0 fully saturated rings. The number of hydrogen-bond donors (Lipinski definition) is 0. The molecule has 222 valence electrons. The van der Waals surface area contributed by atoms with Crippen molar-refractivity contribution < 1.29 is 0 Å². The Morgan fingerprint density at radius 1 is 0.408 bits per heavy atom. The van der Waals surface area contributed by atoms with Crippen LogP contribution in [0.25, 0.3) is 0 Å². The van der Waals surface area contributed by atoms with Crippen LogP contribution in [-0.4, -0.2) is 20.1 Å². The molecule has 3 nitrogen and oxygen atoms in total. The van der Waals surface area contributed by atoms with Crippen LogP contribution in [0.4, 0.5) is 45.5 Å². The van der Waals surface area contributed by atoms with Crippen LogP contribution in [0.15, 0.2) is 157 Å². The fourth-order valence-corrected chi connectivity index (χ4v) is 10.7. The zero-order chi connectivity index (χ0) is 31.7. The molecule has 0 saturated carbocycles. The van der Waals surface area contributed by atoms with E-state index in [-0.39, 0.29) is 20.1 Å². The number of para-hydroxylation sites is 5. The van der Waals surface area contributed by atoms with Crippen molar-refractivity contribution in [2.24, 2.45) is 0 Å². The van der Waals surface area contributed by atoms with Gasteiger partial charge in [0.05, 0.1) is 0 Å². The van der Waals surface area contributed by atoms with Gasteiger partial charge in [-0.3, -0.25) is 0 Å². The van der Waals surface area contributed by atoms with Gasteiger partial charge in [-0.1, -0.05) is 110 Å². The summed E-state index contributed by atoms with van der Waals surface area (Å²) < 4.78 is 0. The average Bonchev–Trinajstić information content (AvgIpc) is 3.16. The average molecular weight is 617 g/mol. The Hall–Kier alpha value is -5.87. The number of fused-ring (bicyclic) bond motifs is 17. The lowest BCUT2D eigenvalue weighted by Gasteiger charge is -2.56. The third-order valence-electron chi connectivity index (χ3n) is 12.3. The molecular formula is C43H26B3N3. The van der Waals surface area contributed by atoms with Crippen LogP contribution >= 0.6 is 0 Å². The minimum absolute atomic E-state index is 0.130. The third-order valence-corrected chi connectivity index (χ3v) is 12.3. The monoisotopic (exact) mass is 617 g/mol. The van der Waals surface area contributed by atoms with E-state index in [1.54, 1.807) is 0 Å². The highest BCUT2D eigenvalue weighted by molar-refractivity contribution is 7.07. The van der Waals surface area contributed by atoms with Crippen LogP contribution in [0.2, 0.25) is 0 Å². The number of hydrogen-bond acceptors (Lipinski definition) is 3. The topological polar surface area (TPSA) is 9.72 Å². The van der Waals surface area contributed by atoms with Gasteiger partial charge in [-0.15, -0.1) is 0 Å². The van der Waals surface area contributed by atoms with E-state index in [1.165, 1.54) is 100 Å². The molecule has 0 unspecified atom stereocenters. The van der Waals surface area contributed by atoms with Gasteiger partial charge in [0, 0.05) is 57.6 Å². The summed E-state index contributed by atoms with van der Waals surface area (Å²) in [6, 6.07) is 46.0. The predicted octanol–water partition coefficient (Wildman–Crippen LogP) is 4.30. The van der Waals surface area contributed by atoms with Crippen molar-refractivity contribution in [1.82, 2.24) is 0 Å². The summed E-state index contributed by atoms with van der Waals surface area (Å²) in [4.78, 5) is 7.94. The normalized spacial score (nSPS) is 16.9. The first-order chi connectivity index (χ1) is 24.3. The molecule has 0 N–H and O–H groups in total. The number of benzene rings is 6. The molecule has 13 rings (SSSR count). The quantitative estimate of drug-likeness (QED) is 0.236. The minimum Gasteiger partial charge on any atom is -0.316 e. The van der Waals surface area contributed by atoms with E-state index >= 15 is 0 Å². The molecule has 7 aliphatic rings. The molecule has 0 bridgehead atoms. The predicted molar refractivity (Wildman–Crippen MR) is 209 cm³/mol. The van der Waals surface area contributed by atoms with E-state index in [4.69, 9.17) is 0 Å². The Labute approximate surface area is 286 Å². The number of anilines is 8. The highest BCUT2D eigenvalue weighted by Crippen LogP contribution is 2.52. The van der Waals surface area contributed by atoms with E-state index in [0.717, 1.165) is 12.0 Å². The van der Waals surface area contributed by atoms with Gasteiger partial charge < -0.3 is 14.7 Å². The summed E-state index contributed by atoms with van der Waals surface area (Å²) in [6.07, 6.45) is 5.49. The molecule has 6 aliphatic heterocycles. The number of rotatable bonds is 0. The van der Waals surface area contributed by atoms with Crippen molar-refractivity contribution in [1.29, 1.82) is 0 Å². The van der Waals surface area contributed by atoms with E-state index in [0.29, 0.717) is 0 Å². The number of nitrogens with zero attached hydrogens (tertiary/aromatic N) is 3. The van der Waals surface area contributed by atoms with Crippen LogP contribution in [0.3, 0.4) is 0 Å². The lowest BCUT2D eigenvalue weighted by molar-refractivity contribution is 1.03. The highest BCUT2D eigenvalue weighted by Gasteiger charge is 2.57. The minimum atomic E-state index is 0.130. The zero-order valence-corrected chi connectivity index (χ0v) is 26.7. The SMILES string of the molecule is C=C1C=CC2=C(C1)N1c3ccccc3B3c4ccccc4N4c5ccccc5B5c6ccccc6N6c7ccccc7B2c2c1c3c4c5c26. The van der Waals surface area contributed by atoms with Gasteiger partial charge in [0.1, 0.15) is 0 Å². The van der Waals surface area contributed by atoms with Crippen LogP contribution in [0, 0.1) is 0 Å². The molecule has 6 aromatic rings. The van der Waals surface area contributed by atoms with Gasteiger partial charge in [0.25, 0.3) is 20.1 Å². The fourth-order valence-electron chi connectivity index (χ4n) is 10.7. The molecule has 0 saturated heterocycles. The molecule has 6 heterocycles. The van der Waals surface area contributed by atoms with E-state index in [9.17, 15) is 0 Å². The maximum atomic E-state index is 4.51. The molecule has 1 aliphatic carbocycles. The first-order valence-electron chi connectivity index (χ1n) is 17.5. The molecule has 0 radical (unpaired) electrons. The van der Waals surface area contributed by atoms with Crippen LogP contribution < -0.4 is 58.4 Å². The van der Waals surface area contributed by atoms with Crippen molar-refractivity contribution in [2.45, 2.75) is 6.42 Å². The van der Waals surface area contributed by atoms with Crippen LogP contribution in [0.5, 0.6) is 0 Å². The first kappa shape index (κ1) is 25.2. The van der Waals surface area contributed by atoms with Crippen molar-refractivity contribution in [3.63, 3.8) is 0 Å². The third kappa shape index (κ3) is 2.71. The first-order valence-corrected chi connectivity index (χ1v) is 17.5. The summed E-state index contributed by atoms with van der Waals surface area (Å²) in [5.41, 5.74) is 25.9. The Morgan fingerprint density at radius 2 is 0.755 bits per heavy atom. The molecule has 6 aromatic carbocycles. The zero-order valence-electron chi connectivity index (χ0n) is 26.7. The second kappa shape index (κ2) is 8.40. The van der Waals surface area contributed by atoms with E-state index in [2.05, 4.69) is 155 Å². The van der Waals surface area contributed by atoms with E-state index < -0.39 is 0 Å². The van der Waals surface area contributed by atoms with Crippen LogP contribution in [-0.2, 0) is 0 Å². The van der Waals surface area contributed by atoms with E-state index in [1.807, 2.05) is 0 Å². The Morgan fingerprint density at radius 3 is 1.20 bits per heavy atom. The standard InChI is InChI=1S/C43H26B3N3/c1-25-22-23-31-37(24-25)49-36-21-11-6-16-30(36)45-28-14-4-9-19-34(28)47-32-17-7-2-12-26(32)44-27-13-3-8-18-33(27)48-35-20-10-5-15-29(35)46(31)40-42(48)38(44)41(47)39(45)43(40)49/h2-23H,1,24H2. The second-order valence-corrected chi connectivity index (χ2v) is 14.5. The summed E-state index contributed by atoms with van der Waals surface area (Å²) in [7, 11) is 0. The Kier molecular flexibility index (Phi) is 4.32. The smallest absolute Gasteiger partial charge is 0.252 e. The molecule has 6 heteroatoms. The van der Waals surface area contributed by atoms with Gasteiger partial charge >= 0.3 is 0 Å². The molecular weight excluding hydrogens is 591 g/mol. The fraction of sp³-hybridized carbons (Fsp3) is 0.0233. The summed E-state index contributed by atoms with van der Waals surface area (Å²) >= 11 is 0. The van der Waals surface area contributed by atoms with Gasteiger partial charge in [0.2, 0.25) is 0 Å². The summed E-state index contributed by atoms with van der Waals surface area (Å²) in [5.74, 6) is 0. The largest absolute Gasteiger partial charge is 0.316 e. The summed E-state index contributed by atoms with van der Waals surface area (Å²) in [6.45, 7) is 4.90. The molecule has 0 amide bonds. The van der Waals surface area contributed by atoms with Crippen LogP contribution in [0.1, 0.15) is 6.42 Å². The Balaban J connectivity index is 1.30. The van der Waals surface area contributed by atoms with Gasteiger partial charge in [-0.25, -0.2) is 0 Å². The molecule has 0 atom stereocenters. The Bertz CT molecular complexity index is 2650. The van der Waals surface area contributed by atoms with Crippen molar-refractivity contribution in [3.05, 3.63) is 157 Å². The molecule has 49 heavy (non-hydrogen) atoms. The lowest BCUT2D eigenvalue weighted by atomic mass is 9.24. The van der Waals surface area contributed by atoms with Crippen molar-refractivity contribution >= 4 is 109 Å². The van der Waals surface area contributed by atoms with Gasteiger partial charge in [-0.05, 0) is 85.1 Å². The molecule has 0 aromatic heterocycles. The lowest BCUT2D eigenvalue weighted by Crippen LogP contribution is -2.73. The maximum absolute atomic E-state index is 4.51. The number of allylic oxidation sites excluding steroid dienone is 4.